The molecule has 4 heteroatoms. The predicted octanol–water partition coefficient (Wildman–Crippen LogP) is 4.66. The van der Waals surface area contributed by atoms with E-state index in [9.17, 15) is 0 Å². The molecule has 0 saturated carbocycles. The van der Waals surface area contributed by atoms with Gasteiger partial charge in [0.2, 0.25) is 0 Å². The number of rotatable bonds is 3. The molecule has 0 aliphatic rings. The molecule has 98 valence electrons. The summed E-state index contributed by atoms with van der Waals surface area (Å²) >= 11 is 7.60. The number of para-hydroxylation sites is 1. The maximum Gasteiger partial charge on any atom is 0.175 e. The van der Waals surface area contributed by atoms with Crippen molar-refractivity contribution in [2.45, 2.75) is 13.3 Å². The molecule has 2 rings (SSSR count). The minimum Gasteiger partial charge on any atom is -0.332 e. The van der Waals surface area contributed by atoms with Crippen molar-refractivity contribution in [3.63, 3.8) is 0 Å². The lowest BCUT2D eigenvalue weighted by Gasteiger charge is -2.12. The number of anilines is 2. The number of nitrogens with one attached hydrogen (secondary N) is 2. The third kappa shape index (κ3) is 4.18. The lowest BCUT2D eigenvalue weighted by molar-refractivity contribution is 1.14. The molecule has 0 atom stereocenters. The van der Waals surface area contributed by atoms with Crippen LogP contribution in [0.2, 0.25) is 0 Å². The number of thiocarbonyl (C=S) groups is 1. The van der Waals surface area contributed by atoms with Crippen molar-refractivity contribution in [3.8, 4) is 0 Å². The summed E-state index contributed by atoms with van der Waals surface area (Å²) in [6.07, 6.45) is 1.05. The molecule has 0 unspecified atom stereocenters. The van der Waals surface area contributed by atoms with Crippen molar-refractivity contribution in [2.75, 3.05) is 10.6 Å². The minimum atomic E-state index is 0.605. The van der Waals surface area contributed by atoms with Gasteiger partial charge < -0.3 is 10.6 Å². The fourth-order valence-corrected chi connectivity index (χ4v) is 2.42. The molecule has 0 saturated heterocycles. The van der Waals surface area contributed by atoms with Gasteiger partial charge in [0.05, 0.1) is 5.69 Å². The number of hydrogen-bond acceptors (Lipinski definition) is 1. The Morgan fingerprint density at radius 3 is 2.37 bits per heavy atom. The van der Waals surface area contributed by atoms with Gasteiger partial charge in [-0.25, -0.2) is 0 Å². The number of benzene rings is 2. The summed E-state index contributed by atoms with van der Waals surface area (Å²) in [6, 6.07) is 16.4. The van der Waals surface area contributed by atoms with Gasteiger partial charge in [-0.05, 0) is 71.1 Å². The van der Waals surface area contributed by atoms with Crippen LogP contribution in [0.15, 0.2) is 48.5 Å². The van der Waals surface area contributed by atoms with Crippen molar-refractivity contribution in [3.05, 3.63) is 57.7 Å². The van der Waals surface area contributed by atoms with Crippen molar-refractivity contribution >= 4 is 51.3 Å². The summed E-state index contributed by atoms with van der Waals surface area (Å²) in [4.78, 5) is 0. The van der Waals surface area contributed by atoms with Gasteiger partial charge >= 0.3 is 0 Å². The van der Waals surface area contributed by atoms with Crippen LogP contribution in [-0.4, -0.2) is 5.11 Å². The normalized spacial score (nSPS) is 10.0. The second kappa shape index (κ2) is 6.86. The number of halogens is 1. The van der Waals surface area contributed by atoms with E-state index in [-0.39, 0.29) is 0 Å². The molecule has 2 aromatic rings. The first-order chi connectivity index (χ1) is 9.19. The summed E-state index contributed by atoms with van der Waals surface area (Å²) < 4.78 is 1.14. The van der Waals surface area contributed by atoms with Crippen LogP contribution in [0.4, 0.5) is 11.4 Å². The Hall–Kier alpha value is -1.14. The van der Waals surface area contributed by atoms with Gasteiger partial charge in [-0.1, -0.05) is 31.2 Å². The van der Waals surface area contributed by atoms with Crippen molar-refractivity contribution in [1.82, 2.24) is 0 Å². The van der Waals surface area contributed by atoms with Crippen molar-refractivity contribution in [1.29, 1.82) is 0 Å². The van der Waals surface area contributed by atoms with E-state index >= 15 is 0 Å². The molecule has 0 bridgehead atoms. The first kappa shape index (κ1) is 14.3. The zero-order chi connectivity index (χ0) is 13.7. The Kier molecular flexibility index (Phi) is 5.15. The molecule has 0 aliphatic heterocycles. The third-order valence-corrected chi connectivity index (χ3v) is 3.89. The van der Waals surface area contributed by atoms with Crippen molar-refractivity contribution in [2.24, 2.45) is 0 Å². The fourth-order valence-electron chi connectivity index (χ4n) is 1.67. The molecule has 0 amide bonds. The predicted molar refractivity (Wildman–Crippen MR) is 94.8 cm³/mol. The van der Waals surface area contributed by atoms with Crippen LogP contribution in [0.5, 0.6) is 0 Å². The summed E-state index contributed by atoms with van der Waals surface area (Å²) in [7, 11) is 0. The maximum absolute atomic E-state index is 5.31. The lowest BCUT2D eigenvalue weighted by Crippen LogP contribution is -2.19. The highest BCUT2D eigenvalue weighted by atomic mass is 127. The van der Waals surface area contributed by atoms with Gasteiger partial charge in [-0.3, -0.25) is 0 Å². The van der Waals surface area contributed by atoms with Crippen LogP contribution in [0, 0.1) is 3.57 Å². The topological polar surface area (TPSA) is 24.1 Å². The second-order valence-corrected chi connectivity index (χ2v) is 5.68. The quantitative estimate of drug-likeness (QED) is 0.596. The molecular weight excluding hydrogens is 367 g/mol. The first-order valence-corrected chi connectivity index (χ1v) is 7.59. The van der Waals surface area contributed by atoms with Crippen LogP contribution in [-0.2, 0) is 6.42 Å². The van der Waals surface area contributed by atoms with Gasteiger partial charge in [0.25, 0.3) is 0 Å². The Bertz CT molecular complexity index is 567. The van der Waals surface area contributed by atoms with Gasteiger partial charge in [0.15, 0.2) is 5.11 Å². The molecule has 2 aromatic carbocycles. The summed E-state index contributed by atoms with van der Waals surface area (Å²) in [6.45, 7) is 2.14. The van der Waals surface area contributed by atoms with Crippen LogP contribution >= 0.6 is 34.8 Å². The first-order valence-electron chi connectivity index (χ1n) is 6.10. The lowest BCUT2D eigenvalue weighted by atomic mass is 10.1. The van der Waals surface area contributed by atoms with E-state index in [1.165, 1.54) is 5.56 Å². The van der Waals surface area contributed by atoms with E-state index in [2.05, 4.69) is 52.3 Å². The molecule has 0 spiro atoms. The summed E-state index contributed by atoms with van der Waals surface area (Å²) in [5.74, 6) is 0. The average Bonchev–Trinajstić information content (AvgIpc) is 2.42. The zero-order valence-electron chi connectivity index (χ0n) is 10.6. The molecule has 2 N–H and O–H groups in total. The van der Waals surface area contributed by atoms with E-state index in [1.807, 2.05) is 36.4 Å². The molecule has 0 heterocycles. The smallest absolute Gasteiger partial charge is 0.175 e. The molecule has 0 radical (unpaired) electrons. The maximum atomic E-state index is 5.31. The standard InChI is InChI=1S/C15H15IN2S/c1-2-11-7-9-12(10-8-11)17-15(19)18-14-6-4-3-5-13(14)16/h3-10H,2H2,1H3,(H2,17,18,19). The Morgan fingerprint density at radius 2 is 1.74 bits per heavy atom. The van der Waals surface area contributed by atoms with Gasteiger partial charge in [0.1, 0.15) is 0 Å². The van der Waals surface area contributed by atoms with E-state index in [0.29, 0.717) is 5.11 Å². The minimum absolute atomic E-state index is 0.605. The average molecular weight is 382 g/mol. The molecule has 2 nitrogen and oxygen atoms in total. The molecule has 19 heavy (non-hydrogen) atoms. The summed E-state index contributed by atoms with van der Waals surface area (Å²) in [5.41, 5.74) is 3.34. The Balaban J connectivity index is 1.99. The monoisotopic (exact) mass is 382 g/mol. The SMILES string of the molecule is CCc1ccc(NC(=S)Nc2ccccc2I)cc1. The number of aryl methyl sites for hydroxylation is 1. The van der Waals surface area contributed by atoms with Gasteiger partial charge in [0, 0.05) is 9.26 Å². The molecule has 0 aromatic heterocycles. The van der Waals surface area contributed by atoms with Crippen LogP contribution in [0.3, 0.4) is 0 Å². The molecular formula is C15H15IN2S. The van der Waals surface area contributed by atoms with Crippen molar-refractivity contribution < 1.29 is 0 Å². The summed E-state index contributed by atoms with van der Waals surface area (Å²) in [5, 5.41) is 6.99. The highest BCUT2D eigenvalue weighted by Crippen LogP contribution is 2.17. The molecule has 0 aliphatic carbocycles. The Morgan fingerprint density at radius 1 is 1.05 bits per heavy atom. The highest BCUT2D eigenvalue weighted by Gasteiger charge is 2.01. The second-order valence-electron chi connectivity index (χ2n) is 4.11. The van der Waals surface area contributed by atoms with Crippen LogP contribution in [0.1, 0.15) is 12.5 Å². The van der Waals surface area contributed by atoms with E-state index in [1.54, 1.807) is 0 Å². The van der Waals surface area contributed by atoms with Gasteiger partial charge in [-0.15, -0.1) is 0 Å². The van der Waals surface area contributed by atoms with E-state index in [0.717, 1.165) is 21.4 Å². The fraction of sp³-hybridized carbons (Fsp3) is 0.133. The highest BCUT2D eigenvalue weighted by molar-refractivity contribution is 14.1. The van der Waals surface area contributed by atoms with E-state index < -0.39 is 0 Å². The zero-order valence-corrected chi connectivity index (χ0v) is 13.6. The third-order valence-electron chi connectivity index (χ3n) is 2.74. The number of hydrogen-bond donors (Lipinski definition) is 2. The Labute approximate surface area is 132 Å². The van der Waals surface area contributed by atoms with Gasteiger partial charge in [-0.2, -0.15) is 0 Å². The van der Waals surface area contributed by atoms with Crippen LogP contribution < -0.4 is 10.6 Å². The molecule has 0 fully saturated rings. The van der Waals surface area contributed by atoms with E-state index in [4.69, 9.17) is 12.2 Å². The largest absolute Gasteiger partial charge is 0.332 e. The van der Waals surface area contributed by atoms with Crippen LogP contribution in [0.25, 0.3) is 0 Å².